The van der Waals surface area contributed by atoms with Crippen LogP contribution in [0.2, 0.25) is 0 Å². The van der Waals surface area contributed by atoms with Gasteiger partial charge in [0.25, 0.3) is 0 Å². The van der Waals surface area contributed by atoms with Crippen LogP contribution >= 0.6 is 11.8 Å². The van der Waals surface area contributed by atoms with Gasteiger partial charge in [-0.05, 0) is 31.2 Å². The Bertz CT molecular complexity index is 751. The number of aromatic nitrogens is 1. The van der Waals surface area contributed by atoms with Crippen molar-refractivity contribution >= 4 is 34.5 Å². The lowest BCUT2D eigenvalue weighted by molar-refractivity contribution is -0.144. The van der Waals surface area contributed by atoms with Crippen molar-refractivity contribution in [2.45, 2.75) is 24.8 Å². The molecule has 23 heavy (non-hydrogen) atoms. The maximum Gasteiger partial charge on any atom is 0.329 e. The molecule has 1 atom stereocenters. The van der Waals surface area contributed by atoms with E-state index < -0.39 is 12.0 Å². The number of esters is 1. The average Bonchev–Trinajstić information content (AvgIpc) is 2.50. The van der Waals surface area contributed by atoms with Crippen LogP contribution in [-0.2, 0) is 14.3 Å². The summed E-state index contributed by atoms with van der Waals surface area (Å²) in [7, 11) is 1.27. The van der Waals surface area contributed by atoms with Crippen molar-refractivity contribution < 1.29 is 18.7 Å². The molecule has 2 aromatic rings. The highest BCUT2D eigenvalue weighted by Crippen LogP contribution is 2.29. The van der Waals surface area contributed by atoms with E-state index in [4.69, 9.17) is 4.74 Å². The van der Waals surface area contributed by atoms with Crippen molar-refractivity contribution in [1.29, 1.82) is 0 Å². The highest BCUT2D eigenvalue weighted by molar-refractivity contribution is 7.99. The van der Waals surface area contributed by atoms with Gasteiger partial charge in [-0.15, -0.1) is 11.8 Å². The first kappa shape index (κ1) is 17.2. The van der Waals surface area contributed by atoms with E-state index in [2.05, 4.69) is 10.3 Å². The summed E-state index contributed by atoms with van der Waals surface area (Å²) in [6.45, 7) is 3.18. The number of fused-ring (bicyclic) bond motifs is 1. The highest BCUT2D eigenvalue weighted by Gasteiger charge is 2.21. The summed E-state index contributed by atoms with van der Waals surface area (Å²) >= 11 is 1.34. The lowest BCUT2D eigenvalue weighted by Gasteiger charge is -2.16. The molecular formula is C16H17FN2O3S. The normalized spacial score (nSPS) is 12.0. The number of hydrogen-bond acceptors (Lipinski definition) is 5. The third-order valence-electron chi connectivity index (χ3n) is 3.13. The van der Waals surface area contributed by atoms with Crippen molar-refractivity contribution in [3.05, 3.63) is 35.8 Å². The third kappa shape index (κ3) is 4.41. The Kier molecular flexibility index (Phi) is 5.54. The Morgan fingerprint density at radius 2 is 2.13 bits per heavy atom. The fourth-order valence-corrected chi connectivity index (χ4v) is 3.28. The maximum atomic E-state index is 13.5. The lowest BCUT2D eigenvalue weighted by Crippen LogP contribution is -2.42. The van der Waals surface area contributed by atoms with Crippen molar-refractivity contribution in [2.75, 3.05) is 12.9 Å². The molecule has 1 heterocycles. The van der Waals surface area contributed by atoms with Crippen LogP contribution in [0.5, 0.6) is 0 Å². The van der Waals surface area contributed by atoms with Crippen LogP contribution in [0.25, 0.3) is 10.9 Å². The van der Waals surface area contributed by atoms with Gasteiger partial charge in [-0.2, -0.15) is 0 Å². The van der Waals surface area contributed by atoms with Crippen LogP contribution in [-0.4, -0.2) is 35.8 Å². The van der Waals surface area contributed by atoms with Crippen LogP contribution < -0.4 is 5.32 Å². The summed E-state index contributed by atoms with van der Waals surface area (Å²) in [4.78, 5) is 28.1. The van der Waals surface area contributed by atoms with Gasteiger partial charge in [0.1, 0.15) is 11.9 Å². The summed E-state index contributed by atoms with van der Waals surface area (Å²) in [5, 5.41) is 3.22. The SMILES string of the molecule is COC(=O)C(CSc1cc(C)nc2ccc(F)cc12)NC(C)=O. The number of nitrogens with one attached hydrogen (secondary N) is 1. The summed E-state index contributed by atoms with van der Waals surface area (Å²) < 4.78 is 18.2. The second-order valence-corrected chi connectivity index (χ2v) is 6.07. The smallest absolute Gasteiger partial charge is 0.329 e. The molecule has 0 saturated heterocycles. The monoisotopic (exact) mass is 336 g/mol. The third-order valence-corrected chi connectivity index (χ3v) is 4.28. The number of benzene rings is 1. The van der Waals surface area contributed by atoms with Gasteiger partial charge in [-0.25, -0.2) is 9.18 Å². The van der Waals surface area contributed by atoms with E-state index in [9.17, 15) is 14.0 Å². The van der Waals surface area contributed by atoms with Gasteiger partial charge >= 0.3 is 5.97 Å². The molecule has 0 fully saturated rings. The maximum absolute atomic E-state index is 13.5. The van der Waals surface area contributed by atoms with Gasteiger partial charge in [0, 0.05) is 28.7 Å². The number of hydrogen-bond donors (Lipinski definition) is 1. The Balaban J connectivity index is 2.27. The number of thioether (sulfide) groups is 1. The molecule has 1 amide bonds. The zero-order valence-corrected chi connectivity index (χ0v) is 13.9. The predicted molar refractivity (Wildman–Crippen MR) is 86.8 cm³/mol. The molecule has 1 unspecified atom stereocenters. The van der Waals surface area contributed by atoms with Gasteiger partial charge in [-0.3, -0.25) is 9.78 Å². The topological polar surface area (TPSA) is 68.3 Å². The first-order chi connectivity index (χ1) is 10.9. The molecule has 122 valence electrons. The molecule has 5 nitrogen and oxygen atoms in total. The summed E-state index contributed by atoms with van der Waals surface area (Å²) in [6.07, 6.45) is 0. The van der Waals surface area contributed by atoms with Crippen LogP contribution in [0.3, 0.4) is 0 Å². The zero-order chi connectivity index (χ0) is 17.0. The number of carbonyl (C=O) groups excluding carboxylic acids is 2. The van der Waals surface area contributed by atoms with E-state index in [-0.39, 0.29) is 17.5 Å². The van der Waals surface area contributed by atoms with Crippen molar-refractivity contribution in [3.8, 4) is 0 Å². The molecule has 2 rings (SSSR count). The molecule has 0 aliphatic heterocycles. The number of rotatable bonds is 5. The average molecular weight is 336 g/mol. The Labute approximate surface area is 137 Å². The largest absolute Gasteiger partial charge is 0.467 e. The molecule has 1 aromatic heterocycles. The van der Waals surface area contributed by atoms with Crippen LogP contribution in [0, 0.1) is 12.7 Å². The minimum Gasteiger partial charge on any atom is -0.467 e. The summed E-state index contributed by atoms with van der Waals surface area (Å²) in [5.41, 5.74) is 1.48. The van der Waals surface area contributed by atoms with Gasteiger partial charge in [0.2, 0.25) is 5.91 Å². The van der Waals surface area contributed by atoms with Crippen LogP contribution in [0.4, 0.5) is 4.39 Å². The van der Waals surface area contributed by atoms with Crippen LogP contribution in [0.1, 0.15) is 12.6 Å². The number of amides is 1. The standard InChI is InChI=1S/C16H17FN2O3S/c1-9-6-15(12-7-11(17)4-5-13(12)18-9)23-8-14(16(21)22-3)19-10(2)20/h4-7,14H,8H2,1-3H3,(H,19,20). The lowest BCUT2D eigenvalue weighted by atomic mass is 10.2. The fraction of sp³-hybridized carbons (Fsp3) is 0.312. The number of carbonyl (C=O) groups is 2. The molecule has 1 aromatic carbocycles. The predicted octanol–water partition coefficient (Wildman–Crippen LogP) is 2.45. The number of halogens is 1. The molecule has 0 saturated carbocycles. The van der Waals surface area contributed by atoms with Crippen molar-refractivity contribution in [3.63, 3.8) is 0 Å². The van der Waals surface area contributed by atoms with Gasteiger partial charge < -0.3 is 10.1 Å². The summed E-state index contributed by atoms with van der Waals surface area (Å²) in [5.74, 6) is -0.908. The number of pyridine rings is 1. The van der Waals surface area contributed by atoms with Gasteiger partial charge in [0.15, 0.2) is 0 Å². The zero-order valence-electron chi connectivity index (χ0n) is 13.1. The fourth-order valence-electron chi connectivity index (χ4n) is 2.14. The highest BCUT2D eigenvalue weighted by atomic mass is 32.2. The Hall–Kier alpha value is -2.15. The minimum absolute atomic E-state index is 0.279. The molecule has 0 bridgehead atoms. The van der Waals surface area contributed by atoms with Crippen molar-refractivity contribution in [2.24, 2.45) is 0 Å². The molecule has 0 radical (unpaired) electrons. The number of aryl methyl sites for hydroxylation is 1. The molecular weight excluding hydrogens is 319 g/mol. The van der Waals surface area contributed by atoms with E-state index in [0.29, 0.717) is 10.9 Å². The quantitative estimate of drug-likeness (QED) is 0.671. The van der Waals surface area contributed by atoms with E-state index in [1.54, 1.807) is 6.07 Å². The minimum atomic E-state index is -0.764. The van der Waals surface area contributed by atoms with E-state index in [1.807, 2.05) is 13.0 Å². The van der Waals surface area contributed by atoms with E-state index in [0.717, 1.165) is 10.6 Å². The first-order valence-corrected chi connectivity index (χ1v) is 7.94. The number of ether oxygens (including phenoxy) is 1. The van der Waals surface area contributed by atoms with E-state index in [1.165, 1.54) is 37.9 Å². The molecule has 0 spiro atoms. The van der Waals surface area contributed by atoms with Gasteiger partial charge in [-0.1, -0.05) is 0 Å². The molecule has 0 aliphatic carbocycles. The molecule has 0 aliphatic rings. The first-order valence-electron chi connectivity index (χ1n) is 6.95. The van der Waals surface area contributed by atoms with Gasteiger partial charge in [0.05, 0.1) is 12.6 Å². The van der Waals surface area contributed by atoms with Crippen LogP contribution in [0.15, 0.2) is 29.2 Å². The number of methoxy groups -OCH3 is 1. The Morgan fingerprint density at radius 3 is 2.78 bits per heavy atom. The summed E-state index contributed by atoms with van der Waals surface area (Å²) in [6, 6.07) is 5.45. The van der Waals surface area contributed by atoms with E-state index >= 15 is 0 Å². The second-order valence-electron chi connectivity index (χ2n) is 5.01. The number of nitrogens with zero attached hydrogens (tertiary/aromatic N) is 1. The second kappa shape index (κ2) is 7.41. The molecule has 7 heteroatoms. The molecule has 1 N–H and O–H groups in total. The Morgan fingerprint density at radius 1 is 1.39 bits per heavy atom. The van der Waals surface area contributed by atoms with Crippen molar-refractivity contribution in [1.82, 2.24) is 10.3 Å².